The van der Waals surface area contributed by atoms with Crippen LogP contribution in [0.15, 0.2) is 47.4 Å². The van der Waals surface area contributed by atoms with Gasteiger partial charge in [0.1, 0.15) is 0 Å². The molecule has 0 saturated heterocycles. The molecule has 0 saturated carbocycles. The lowest BCUT2D eigenvalue weighted by atomic mass is 10.0. The van der Waals surface area contributed by atoms with E-state index in [0.717, 1.165) is 16.7 Å². The van der Waals surface area contributed by atoms with Gasteiger partial charge in [-0.1, -0.05) is 18.2 Å². The van der Waals surface area contributed by atoms with Crippen molar-refractivity contribution in [3.05, 3.63) is 64.7 Å². The summed E-state index contributed by atoms with van der Waals surface area (Å²) in [5, 5.41) is 0. The van der Waals surface area contributed by atoms with Crippen LogP contribution in [0.1, 0.15) is 40.0 Å². The molecule has 5 heteroatoms. The number of sulfone groups is 1. The van der Waals surface area contributed by atoms with Gasteiger partial charge in [0, 0.05) is 18.9 Å². The van der Waals surface area contributed by atoms with E-state index in [9.17, 15) is 13.2 Å². The van der Waals surface area contributed by atoms with Gasteiger partial charge in [-0.3, -0.25) is 4.79 Å². The molecule has 2 aromatic rings. The first-order valence-corrected chi connectivity index (χ1v) is 9.65. The van der Waals surface area contributed by atoms with Crippen molar-refractivity contribution in [3.8, 4) is 0 Å². The van der Waals surface area contributed by atoms with Gasteiger partial charge in [-0.25, -0.2) is 8.42 Å². The number of carbonyl (C=O) groups excluding carboxylic acids is 1. The summed E-state index contributed by atoms with van der Waals surface area (Å²) in [4.78, 5) is 14.6. The quantitative estimate of drug-likeness (QED) is 0.852. The second kappa shape index (κ2) is 6.77. The minimum Gasteiger partial charge on any atom is -0.335 e. The van der Waals surface area contributed by atoms with Crippen molar-refractivity contribution in [3.63, 3.8) is 0 Å². The average Bonchev–Trinajstić information content (AvgIpc) is 2.54. The average molecular weight is 345 g/mol. The molecule has 1 atom stereocenters. The maximum atomic E-state index is 12.7. The van der Waals surface area contributed by atoms with E-state index in [0.29, 0.717) is 5.56 Å². The Morgan fingerprint density at radius 3 is 2.08 bits per heavy atom. The molecule has 4 nitrogen and oxygen atoms in total. The highest BCUT2D eigenvalue weighted by Gasteiger charge is 2.19. The van der Waals surface area contributed by atoms with E-state index in [1.54, 1.807) is 36.2 Å². The van der Waals surface area contributed by atoms with Gasteiger partial charge in [-0.15, -0.1) is 0 Å². The van der Waals surface area contributed by atoms with Crippen molar-refractivity contribution < 1.29 is 13.2 Å². The van der Waals surface area contributed by atoms with Crippen LogP contribution in [-0.4, -0.2) is 32.5 Å². The predicted molar refractivity (Wildman–Crippen MR) is 96.0 cm³/mol. The highest BCUT2D eigenvalue weighted by atomic mass is 32.2. The van der Waals surface area contributed by atoms with E-state index in [2.05, 4.69) is 0 Å². The molecular weight excluding hydrogens is 322 g/mol. The van der Waals surface area contributed by atoms with Crippen LogP contribution in [0, 0.1) is 13.8 Å². The van der Waals surface area contributed by atoms with Gasteiger partial charge >= 0.3 is 0 Å². The van der Waals surface area contributed by atoms with Gasteiger partial charge in [-0.2, -0.15) is 0 Å². The molecule has 2 aromatic carbocycles. The van der Waals surface area contributed by atoms with E-state index in [4.69, 9.17) is 0 Å². The Morgan fingerprint density at radius 1 is 1.00 bits per heavy atom. The van der Waals surface area contributed by atoms with Gasteiger partial charge < -0.3 is 4.90 Å². The van der Waals surface area contributed by atoms with Crippen molar-refractivity contribution in [2.45, 2.75) is 31.7 Å². The molecule has 1 unspecified atom stereocenters. The summed E-state index contributed by atoms with van der Waals surface area (Å²) < 4.78 is 23.1. The third-order valence-corrected chi connectivity index (χ3v) is 5.57. The van der Waals surface area contributed by atoms with Crippen molar-refractivity contribution in [2.75, 3.05) is 13.3 Å². The van der Waals surface area contributed by atoms with E-state index >= 15 is 0 Å². The molecule has 24 heavy (non-hydrogen) atoms. The summed E-state index contributed by atoms with van der Waals surface area (Å²) in [6.45, 7) is 5.92. The maximum absolute atomic E-state index is 12.7. The van der Waals surface area contributed by atoms with Gasteiger partial charge in [-0.05, 0) is 61.7 Å². The first kappa shape index (κ1) is 18.2. The minimum atomic E-state index is -3.21. The highest BCUT2D eigenvalue weighted by Crippen LogP contribution is 2.23. The Bertz CT molecular complexity index is 855. The molecule has 1 amide bonds. The van der Waals surface area contributed by atoms with Crippen LogP contribution in [0.4, 0.5) is 0 Å². The largest absolute Gasteiger partial charge is 0.335 e. The molecule has 2 rings (SSSR count). The third kappa shape index (κ3) is 3.85. The number of rotatable bonds is 4. The Balaban J connectivity index is 2.23. The monoisotopic (exact) mass is 345 g/mol. The summed E-state index contributed by atoms with van der Waals surface area (Å²) in [5.41, 5.74) is 3.78. The number of hydrogen-bond acceptors (Lipinski definition) is 3. The normalized spacial score (nSPS) is 12.7. The first-order chi connectivity index (χ1) is 11.1. The summed E-state index contributed by atoms with van der Waals surface area (Å²) in [7, 11) is -1.46. The van der Waals surface area contributed by atoms with E-state index < -0.39 is 9.84 Å². The molecule has 0 heterocycles. The van der Waals surface area contributed by atoms with Gasteiger partial charge in [0.15, 0.2) is 9.84 Å². The zero-order valence-corrected chi connectivity index (χ0v) is 15.5. The van der Waals surface area contributed by atoms with Crippen LogP contribution in [-0.2, 0) is 9.84 Å². The molecule has 0 spiro atoms. The number of carbonyl (C=O) groups is 1. The zero-order chi connectivity index (χ0) is 18.1. The van der Waals surface area contributed by atoms with Crippen LogP contribution < -0.4 is 0 Å². The first-order valence-electron chi connectivity index (χ1n) is 7.75. The molecule has 0 aliphatic rings. The zero-order valence-electron chi connectivity index (χ0n) is 14.7. The summed E-state index contributed by atoms with van der Waals surface area (Å²) in [6.07, 6.45) is 1.18. The van der Waals surface area contributed by atoms with Gasteiger partial charge in [0.2, 0.25) is 0 Å². The lowest BCUT2D eigenvalue weighted by Crippen LogP contribution is -2.29. The van der Waals surface area contributed by atoms with Crippen LogP contribution in [0.2, 0.25) is 0 Å². The minimum absolute atomic E-state index is 0.0576. The molecule has 0 aromatic heterocycles. The lowest BCUT2D eigenvalue weighted by molar-refractivity contribution is 0.0742. The van der Waals surface area contributed by atoms with E-state index in [1.807, 2.05) is 39.0 Å². The molecule has 128 valence electrons. The predicted octanol–water partition coefficient (Wildman–Crippen LogP) is 3.54. The number of nitrogens with zero attached hydrogens (tertiary/aromatic N) is 1. The van der Waals surface area contributed by atoms with Crippen molar-refractivity contribution in [1.82, 2.24) is 4.90 Å². The molecule has 0 bridgehead atoms. The summed E-state index contributed by atoms with van der Waals surface area (Å²) in [6, 6.07) is 12.2. The molecule has 0 fully saturated rings. The smallest absolute Gasteiger partial charge is 0.254 e. The van der Waals surface area contributed by atoms with Gasteiger partial charge in [0.25, 0.3) is 5.91 Å². The van der Waals surface area contributed by atoms with Crippen LogP contribution in [0.25, 0.3) is 0 Å². The second-order valence-corrected chi connectivity index (χ2v) is 8.25. The lowest BCUT2D eigenvalue weighted by Gasteiger charge is -2.26. The van der Waals surface area contributed by atoms with Crippen LogP contribution in [0.3, 0.4) is 0 Å². The standard InChI is InChI=1S/C19H23NO3S/c1-13-6-7-17(12-14(13)2)19(21)20(4)15(3)16-8-10-18(11-9-16)24(5,22)23/h6-12,15H,1-5H3. The third-order valence-electron chi connectivity index (χ3n) is 4.45. The summed E-state index contributed by atoms with van der Waals surface area (Å²) in [5.74, 6) is -0.0576. The van der Waals surface area contributed by atoms with Crippen molar-refractivity contribution in [1.29, 1.82) is 0 Å². The summed E-state index contributed by atoms with van der Waals surface area (Å²) >= 11 is 0. The van der Waals surface area contributed by atoms with Gasteiger partial charge in [0.05, 0.1) is 10.9 Å². The topological polar surface area (TPSA) is 54.5 Å². The molecule has 0 aliphatic heterocycles. The highest BCUT2D eigenvalue weighted by molar-refractivity contribution is 7.90. The van der Waals surface area contributed by atoms with Crippen LogP contribution >= 0.6 is 0 Å². The molecular formula is C19H23NO3S. The molecule has 0 aliphatic carbocycles. The Morgan fingerprint density at radius 2 is 1.58 bits per heavy atom. The number of amides is 1. The molecule has 0 radical (unpaired) electrons. The van der Waals surface area contributed by atoms with Crippen LogP contribution in [0.5, 0.6) is 0 Å². The molecule has 0 N–H and O–H groups in total. The Labute approximate surface area is 144 Å². The Hall–Kier alpha value is -2.14. The number of benzene rings is 2. The fourth-order valence-corrected chi connectivity index (χ4v) is 3.10. The van der Waals surface area contributed by atoms with E-state index in [1.165, 1.54) is 6.26 Å². The number of hydrogen-bond donors (Lipinski definition) is 0. The van der Waals surface area contributed by atoms with E-state index in [-0.39, 0.29) is 16.8 Å². The fourth-order valence-electron chi connectivity index (χ4n) is 2.47. The number of aryl methyl sites for hydroxylation is 2. The van der Waals surface area contributed by atoms with Crippen molar-refractivity contribution >= 4 is 15.7 Å². The SMILES string of the molecule is Cc1ccc(C(=O)N(C)C(C)c2ccc(S(C)(=O)=O)cc2)cc1C. The Kier molecular flexibility index (Phi) is 5.13. The van der Waals surface area contributed by atoms with Crippen molar-refractivity contribution in [2.24, 2.45) is 0 Å². The maximum Gasteiger partial charge on any atom is 0.254 e. The second-order valence-electron chi connectivity index (χ2n) is 6.23. The fraction of sp³-hybridized carbons (Fsp3) is 0.316.